The molecule has 0 unspecified atom stereocenters. The highest BCUT2D eigenvalue weighted by atomic mass is 35.5. The van der Waals surface area contributed by atoms with E-state index in [9.17, 15) is 28.8 Å². The van der Waals surface area contributed by atoms with Crippen LogP contribution in [-0.4, -0.2) is 65.9 Å². The number of rotatable bonds is 4. The maximum atomic E-state index is 13.2. The minimum absolute atomic E-state index is 0. The first-order valence-corrected chi connectivity index (χ1v) is 19.4. The minimum Gasteiger partial charge on any atom is -0.336 e. The molecule has 0 bridgehead atoms. The molecule has 2 aromatic carbocycles. The summed E-state index contributed by atoms with van der Waals surface area (Å²) in [7, 11) is 0. The second kappa shape index (κ2) is 18.1. The summed E-state index contributed by atoms with van der Waals surface area (Å²) in [4.78, 5) is 77.6. The molecule has 2 saturated carbocycles. The van der Waals surface area contributed by atoms with Gasteiger partial charge in [0.1, 0.15) is 35.0 Å². The van der Waals surface area contributed by atoms with E-state index in [0.717, 1.165) is 70.4 Å². The Kier molecular flexibility index (Phi) is 14.2. The van der Waals surface area contributed by atoms with Crippen LogP contribution in [0, 0.1) is 62.2 Å². The zero-order valence-corrected chi connectivity index (χ0v) is 34.3. The number of hydrogen-bond donors (Lipinski definition) is 1. The Labute approximate surface area is 332 Å². The Hall–Kier alpha value is -4.37. The average Bonchev–Trinajstić information content (AvgIpc) is 3.10. The molecule has 0 radical (unpaired) electrons. The highest BCUT2D eigenvalue weighted by Crippen LogP contribution is 2.47. The highest BCUT2D eigenvalue weighted by molar-refractivity contribution is 6.36. The number of likely N-dealkylation sites (tertiary alicyclic amines) is 1. The smallest absolute Gasteiger partial charge is 0.289 e. The summed E-state index contributed by atoms with van der Waals surface area (Å²) in [5, 5.41) is 3.33. The van der Waals surface area contributed by atoms with Crippen molar-refractivity contribution in [3.8, 4) is 23.7 Å². The molecule has 1 N–H and O–H groups in total. The van der Waals surface area contributed by atoms with E-state index in [0.29, 0.717) is 51.6 Å². The predicted octanol–water partition coefficient (Wildman–Crippen LogP) is 6.76. The fourth-order valence-electron chi connectivity index (χ4n) is 9.48. The van der Waals surface area contributed by atoms with Gasteiger partial charge in [-0.15, -0.1) is 24.2 Å². The molecule has 1 amide bonds. The molecule has 2 heterocycles. The average molecular weight is 767 g/mol. The molecule has 0 atom stereocenters. The van der Waals surface area contributed by atoms with Gasteiger partial charge in [0.05, 0.1) is 0 Å². The van der Waals surface area contributed by atoms with Gasteiger partial charge in [0.15, 0.2) is 0 Å². The van der Waals surface area contributed by atoms with Crippen LogP contribution in [0.25, 0.3) is 0 Å². The molecule has 4 aliphatic rings. The van der Waals surface area contributed by atoms with Crippen molar-refractivity contribution in [1.82, 2.24) is 10.2 Å². The molecule has 2 aliphatic heterocycles. The van der Waals surface area contributed by atoms with Crippen LogP contribution < -0.4 is 5.32 Å². The summed E-state index contributed by atoms with van der Waals surface area (Å²) in [6.45, 7) is 15.8. The summed E-state index contributed by atoms with van der Waals surface area (Å²) >= 11 is 0. The zero-order chi connectivity index (χ0) is 39.4. The van der Waals surface area contributed by atoms with Crippen molar-refractivity contribution in [3.05, 3.63) is 68.8 Å². The number of piperidine rings is 2. The molecule has 6 rings (SSSR count). The van der Waals surface area contributed by atoms with Crippen LogP contribution in [0.3, 0.4) is 0 Å². The minimum atomic E-state index is -0.708. The van der Waals surface area contributed by atoms with Gasteiger partial charge in [0, 0.05) is 56.3 Å². The number of nitrogens with zero attached hydrogens (tertiary/aromatic N) is 1. The molecule has 4 fully saturated rings. The molecule has 8 nitrogen and oxygen atoms in total. The van der Waals surface area contributed by atoms with Gasteiger partial charge < -0.3 is 10.2 Å². The van der Waals surface area contributed by atoms with Crippen LogP contribution in [-0.2, 0) is 28.8 Å². The Balaban J connectivity index is 0.000000246. The Morgan fingerprint density at radius 3 is 1.33 bits per heavy atom. The second-order valence-corrected chi connectivity index (χ2v) is 16.1. The van der Waals surface area contributed by atoms with Crippen molar-refractivity contribution in [2.75, 3.05) is 26.2 Å². The van der Waals surface area contributed by atoms with Crippen LogP contribution in [0.2, 0.25) is 0 Å². The monoisotopic (exact) mass is 766 g/mol. The van der Waals surface area contributed by atoms with Crippen molar-refractivity contribution >= 4 is 47.2 Å². The third-order valence-corrected chi connectivity index (χ3v) is 12.1. The normalized spacial score (nSPS) is 20.3. The summed E-state index contributed by atoms with van der Waals surface area (Å²) < 4.78 is 0. The molecule has 2 spiro atoms. The summed E-state index contributed by atoms with van der Waals surface area (Å²) in [5.41, 5.74) is 6.95. The molecule has 9 heteroatoms. The third-order valence-electron chi connectivity index (χ3n) is 12.1. The summed E-state index contributed by atoms with van der Waals surface area (Å²) in [5.74, 6) is 9.92. The van der Waals surface area contributed by atoms with Crippen LogP contribution in [0.5, 0.6) is 0 Å². The van der Waals surface area contributed by atoms with Crippen LogP contribution >= 0.6 is 12.4 Å². The lowest BCUT2D eigenvalue weighted by molar-refractivity contribution is -0.147. The number of carbonyl (C=O) groups excluding carboxylic acids is 6. The summed E-state index contributed by atoms with van der Waals surface area (Å²) in [6.07, 6.45) is 5.01. The fourth-order valence-corrected chi connectivity index (χ4v) is 9.48. The van der Waals surface area contributed by atoms with Gasteiger partial charge in [-0.05, 0) is 149 Å². The van der Waals surface area contributed by atoms with Crippen molar-refractivity contribution in [2.24, 2.45) is 10.8 Å². The molecule has 0 aromatic heterocycles. The number of benzene rings is 2. The molecular formula is C46H55ClN2O6. The van der Waals surface area contributed by atoms with E-state index in [1.807, 2.05) is 58.9 Å². The topological polar surface area (TPSA) is 118 Å². The number of hydrogen-bond acceptors (Lipinski definition) is 7. The fraction of sp³-hybridized carbons (Fsp3) is 0.522. The highest BCUT2D eigenvalue weighted by Gasteiger charge is 2.49. The van der Waals surface area contributed by atoms with E-state index < -0.39 is 17.7 Å². The van der Waals surface area contributed by atoms with Crippen LogP contribution in [0.15, 0.2) is 24.3 Å². The van der Waals surface area contributed by atoms with E-state index in [2.05, 4.69) is 29.0 Å². The molecule has 55 heavy (non-hydrogen) atoms. The molecule has 292 valence electrons. The van der Waals surface area contributed by atoms with Gasteiger partial charge >= 0.3 is 0 Å². The SMILES string of the molecule is CC#Cc1cc(C)c(C2C(=O)CC3(CCN(C(=O)C(=O)CC)CC3)CC2=O)c(C)c1.CC#Cc1cc(C)c(C2C(=O)CC3(CCNCC3)CC2=O)c(C)c1.Cl. The van der Waals surface area contributed by atoms with E-state index in [-0.39, 0.29) is 58.6 Å². The van der Waals surface area contributed by atoms with E-state index in [1.54, 1.807) is 18.7 Å². The quantitative estimate of drug-likeness (QED) is 0.208. The first kappa shape index (κ1) is 43.4. The van der Waals surface area contributed by atoms with Crippen LogP contribution in [0.1, 0.15) is 135 Å². The van der Waals surface area contributed by atoms with Gasteiger partial charge in [0.25, 0.3) is 5.91 Å². The standard InChI is InChI=1S/C25H29NO4.C21H25NO2.ClH/c1-5-7-18-12-16(3)22(17(4)13-18)23-20(28)14-25(15-21(23)29)8-10-26(11-9-25)24(30)19(27)6-2;1-4-5-16-10-14(2)19(15(3)11-16)20-17(23)12-21(13-18(20)24)6-8-22-9-7-21;/h12-13,23H,6,8-11,14-15H2,1-4H3;10-11,20,22H,6-9,12-13H2,1-3H3;1H. The van der Waals surface area contributed by atoms with E-state index >= 15 is 0 Å². The van der Waals surface area contributed by atoms with Crippen molar-refractivity contribution in [3.63, 3.8) is 0 Å². The number of ketones is 5. The van der Waals surface area contributed by atoms with E-state index in [4.69, 9.17) is 0 Å². The Morgan fingerprint density at radius 2 is 1.00 bits per heavy atom. The van der Waals surface area contributed by atoms with Crippen molar-refractivity contribution in [1.29, 1.82) is 0 Å². The maximum Gasteiger partial charge on any atom is 0.289 e. The lowest BCUT2D eigenvalue weighted by atomic mass is 9.62. The van der Waals surface area contributed by atoms with Gasteiger partial charge in [-0.2, -0.15) is 0 Å². The summed E-state index contributed by atoms with van der Waals surface area (Å²) in [6, 6.07) is 7.87. The Morgan fingerprint density at radius 1 is 0.655 bits per heavy atom. The van der Waals surface area contributed by atoms with Gasteiger partial charge in [0.2, 0.25) is 5.78 Å². The molecule has 2 aliphatic carbocycles. The van der Waals surface area contributed by atoms with Crippen LogP contribution in [0.4, 0.5) is 0 Å². The van der Waals surface area contributed by atoms with Crippen molar-refractivity contribution < 1.29 is 28.8 Å². The number of halogens is 1. The van der Waals surface area contributed by atoms with Crippen molar-refractivity contribution in [2.45, 2.75) is 118 Å². The Bertz CT molecular complexity index is 1920. The van der Waals surface area contributed by atoms with Gasteiger partial charge in [-0.1, -0.05) is 18.8 Å². The molecule has 2 saturated heterocycles. The number of carbonyl (C=O) groups is 6. The molecular weight excluding hydrogens is 712 g/mol. The van der Waals surface area contributed by atoms with E-state index in [1.165, 1.54) is 0 Å². The lowest BCUT2D eigenvalue weighted by Crippen LogP contribution is -2.49. The van der Waals surface area contributed by atoms with Gasteiger partial charge in [-0.3, -0.25) is 28.8 Å². The number of Topliss-reactive ketones (excluding diaryl/α,β-unsaturated/α-hetero) is 5. The first-order valence-electron chi connectivity index (χ1n) is 19.4. The zero-order valence-electron chi connectivity index (χ0n) is 33.5. The number of aryl methyl sites for hydroxylation is 4. The molecule has 2 aromatic rings. The predicted molar refractivity (Wildman–Crippen MR) is 216 cm³/mol. The largest absolute Gasteiger partial charge is 0.336 e. The van der Waals surface area contributed by atoms with Gasteiger partial charge in [-0.25, -0.2) is 0 Å². The second-order valence-electron chi connectivity index (χ2n) is 16.1. The first-order chi connectivity index (χ1) is 25.7. The maximum absolute atomic E-state index is 13.2. The third kappa shape index (κ3) is 9.37. The lowest BCUT2D eigenvalue weighted by Gasteiger charge is -2.44. The number of amides is 1. The number of nitrogens with one attached hydrogen (secondary N) is 1.